The van der Waals surface area contributed by atoms with E-state index in [1.54, 1.807) is 0 Å². The molecule has 4 heteroatoms. The number of carbonyl (C=O) groups is 2. The Kier molecular flexibility index (Phi) is 4.97. The Hall–Kier alpha value is -2.28. The number of carbonyl (C=O) groups excluding carboxylic acids is 2. The van der Waals surface area contributed by atoms with Crippen LogP contribution in [0.4, 0.5) is 0 Å². The zero-order chi connectivity index (χ0) is 16.1. The van der Waals surface area contributed by atoms with E-state index in [1.165, 1.54) is 12.8 Å². The molecule has 1 aliphatic heterocycles. The van der Waals surface area contributed by atoms with Gasteiger partial charge >= 0.3 is 0 Å². The van der Waals surface area contributed by atoms with E-state index in [0.29, 0.717) is 25.6 Å². The van der Waals surface area contributed by atoms with Crippen molar-refractivity contribution in [2.75, 3.05) is 13.1 Å². The molecule has 3 rings (SSSR count). The molecule has 23 heavy (non-hydrogen) atoms. The third kappa shape index (κ3) is 3.92. The first-order chi connectivity index (χ1) is 11.2. The first-order valence-corrected chi connectivity index (χ1v) is 8.35. The van der Waals surface area contributed by atoms with E-state index < -0.39 is 0 Å². The Morgan fingerprint density at radius 1 is 1.22 bits per heavy atom. The van der Waals surface area contributed by atoms with Crippen LogP contribution in [0.1, 0.15) is 37.7 Å². The molecule has 1 saturated carbocycles. The highest BCUT2D eigenvalue weighted by Crippen LogP contribution is 2.29. The van der Waals surface area contributed by atoms with Gasteiger partial charge in [-0.25, -0.2) is 0 Å². The SMILES string of the molecule is O=C(NCC#Cc1ccccc1)[C@@H]1CC(=O)N(C2CCCC2)C1. The highest BCUT2D eigenvalue weighted by atomic mass is 16.2. The summed E-state index contributed by atoms with van der Waals surface area (Å²) in [5, 5.41) is 2.84. The Balaban J connectivity index is 1.47. The molecule has 0 spiro atoms. The van der Waals surface area contributed by atoms with Crippen molar-refractivity contribution in [2.24, 2.45) is 5.92 Å². The van der Waals surface area contributed by atoms with Gasteiger partial charge in [0.2, 0.25) is 11.8 Å². The van der Waals surface area contributed by atoms with Crippen LogP contribution >= 0.6 is 0 Å². The second-order valence-electron chi connectivity index (χ2n) is 6.27. The van der Waals surface area contributed by atoms with Gasteiger partial charge in [0.25, 0.3) is 0 Å². The fraction of sp³-hybridized carbons (Fsp3) is 0.474. The fourth-order valence-electron chi connectivity index (χ4n) is 3.42. The quantitative estimate of drug-likeness (QED) is 0.868. The maximum Gasteiger partial charge on any atom is 0.226 e. The monoisotopic (exact) mass is 310 g/mol. The van der Waals surface area contributed by atoms with Crippen LogP contribution in [-0.2, 0) is 9.59 Å². The van der Waals surface area contributed by atoms with Gasteiger partial charge in [-0.1, -0.05) is 42.9 Å². The van der Waals surface area contributed by atoms with E-state index in [1.807, 2.05) is 35.2 Å². The number of likely N-dealkylation sites (tertiary alicyclic amines) is 1. The molecule has 1 aromatic rings. The van der Waals surface area contributed by atoms with Crippen molar-refractivity contribution in [3.05, 3.63) is 35.9 Å². The van der Waals surface area contributed by atoms with Crippen LogP contribution < -0.4 is 5.32 Å². The van der Waals surface area contributed by atoms with Crippen LogP contribution in [0.25, 0.3) is 0 Å². The van der Waals surface area contributed by atoms with Gasteiger partial charge in [0.15, 0.2) is 0 Å². The zero-order valence-corrected chi connectivity index (χ0v) is 13.3. The summed E-state index contributed by atoms with van der Waals surface area (Å²) in [5.41, 5.74) is 0.935. The minimum atomic E-state index is -0.221. The lowest BCUT2D eigenvalue weighted by Gasteiger charge is -2.23. The summed E-state index contributed by atoms with van der Waals surface area (Å²) in [4.78, 5) is 26.2. The largest absolute Gasteiger partial charge is 0.345 e. The lowest BCUT2D eigenvalue weighted by molar-refractivity contribution is -0.130. The van der Waals surface area contributed by atoms with Crippen LogP contribution in [-0.4, -0.2) is 35.8 Å². The summed E-state index contributed by atoms with van der Waals surface area (Å²) >= 11 is 0. The average Bonchev–Trinajstić information content (AvgIpc) is 3.21. The van der Waals surface area contributed by atoms with E-state index in [0.717, 1.165) is 18.4 Å². The van der Waals surface area contributed by atoms with Crippen molar-refractivity contribution in [3.8, 4) is 11.8 Å². The number of nitrogens with one attached hydrogen (secondary N) is 1. The van der Waals surface area contributed by atoms with Crippen molar-refractivity contribution < 1.29 is 9.59 Å². The van der Waals surface area contributed by atoms with Crippen LogP contribution in [0.2, 0.25) is 0 Å². The maximum atomic E-state index is 12.2. The molecule has 4 nitrogen and oxygen atoms in total. The van der Waals surface area contributed by atoms with Gasteiger partial charge in [0.1, 0.15) is 0 Å². The van der Waals surface area contributed by atoms with Crippen molar-refractivity contribution in [1.82, 2.24) is 10.2 Å². The molecule has 0 aromatic heterocycles. The molecule has 120 valence electrons. The van der Waals surface area contributed by atoms with Crippen LogP contribution in [0.5, 0.6) is 0 Å². The number of rotatable bonds is 3. The topological polar surface area (TPSA) is 49.4 Å². The second-order valence-corrected chi connectivity index (χ2v) is 6.27. The summed E-state index contributed by atoms with van der Waals surface area (Å²) < 4.78 is 0. The van der Waals surface area contributed by atoms with Gasteiger partial charge in [0.05, 0.1) is 12.5 Å². The van der Waals surface area contributed by atoms with Crippen LogP contribution in [0.15, 0.2) is 30.3 Å². The molecule has 1 aromatic carbocycles. The van der Waals surface area contributed by atoms with Crippen molar-refractivity contribution >= 4 is 11.8 Å². The fourth-order valence-corrected chi connectivity index (χ4v) is 3.42. The molecule has 1 N–H and O–H groups in total. The number of amides is 2. The van der Waals surface area contributed by atoms with Crippen LogP contribution in [0, 0.1) is 17.8 Å². The number of hydrogen-bond donors (Lipinski definition) is 1. The average molecular weight is 310 g/mol. The third-order valence-corrected chi connectivity index (χ3v) is 4.65. The molecule has 1 heterocycles. The van der Waals surface area contributed by atoms with Gasteiger partial charge in [0, 0.05) is 24.6 Å². The number of benzene rings is 1. The molecule has 1 saturated heterocycles. The Morgan fingerprint density at radius 3 is 2.70 bits per heavy atom. The normalized spacial score (nSPS) is 21.1. The minimum Gasteiger partial charge on any atom is -0.345 e. The van der Waals surface area contributed by atoms with E-state index in [4.69, 9.17) is 0 Å². The summed E-state index contributed by atoms with van der Waals surface area (Å²) in [6.07, 6.45) is 4.90. The number of nitrogens with zero attached hydrogens (tertiary/aromatic N) is 1. The van der Waals surface area contributed by atoms with Crippen LogP contribution in [0.3, 0.4) is 0 Å². The molecule has 2 amide bonds. The highest BCUT2D eigenvalue weighted by Gasteiger charge is 2.38. The summed E-state index contributed by atoms with van der Waals surface area (Å²) in [6.45, 7) is 0.892. The zero-order valence-electron chi connectivity index (χ0n) is 13.3. The van der Waals surface area contributed by atoms with E-state index in [2.05, 4.69) is 17.2 Å². The standard InChI is InChI=1S/C19H22N2O2/c22-18-13-16(14-21(18)17-10-4-5-11-17)19(23)20-12-6-9-15-7-2-1-3-8-15/h1-3,7-8,16-17H,4-5,10-14H2,(H,20,23)/t16-/m1/s1. The summed E-state index contributed by atoms with van der Waals surface area (Å²) in [7, 11) is 0. The molecule has 1 aliphatic carbocycles. The van der Waals surface area contributed by atoms with Gasteiger partial charge in [-0.05, 0) is 25.0 Å². The predicted octanol–water partition coefficient (Wildman–Crippen LogP) is 1.95. The summed E-state index contributed by atoms with van der Waals surface area (Å²) in [5.74, 6) is 5.82. The summed E-state index contributed by atoms with van der Waals surface area (Å²) in [6, 6.07) is 10.0. The highest BCUT2D eigenvalue weighted by molar-refractivity contribution is 5.89. The Labute approximate surface area is 137 Å². The molecule has 2 fully saturated rings. The van der Waals surface area contributed by atoms with Crippen molar-refractivity contribution in [3.63, 3.8) is 0 Å². The predicted molar refractivity (Wildman–Crippen MR) is 88.4 cm³/mol. The molecule has 1 atom stereocenters. The van der Waals surface area contributed by atoms with E-state index >= 15 is 0 Å². The molecular weight excluding hydrogens is 288 g/mol. The Bertz CT molecular complexity index is 624. The lowest BCUT2D eigenvalue weighted by atomic mass is 10.1. The van der Waals surface area contributed by atoms with E-state index in [9.17, 15) is 9.59 Å². The molecular formula is C19H22N2O2. The first-order valence-electron chi connectivity index (χ1n) is 8.35. The van der Waals surface area contributed by atoms with Gasteiger partial charge < -0.3 is 10.2 Å². The smallest absolute Gasteiger partial charge is 0.226 e. The van der Waals surface area contributed by atoms with Gasteiger partial charge in [-0.15, -0.1) is 0 Å². The van der Waals surface area contributed by atoms with Crippen molar-refractivity contribution in [2.45, 2.75) is 38.1 Å². The van der Waals surface area contributed by atoms with Gasteiger partial charge in [-0.3, -0.25) is 9.59 Å². The Morgan fingerprint density at radius 2 is 1.96 bits per heavy atom. The van der Waals surface area contributed by atoms with E-state index in [-0.39, 0.29) is 17.7 Å². The molecule has 0 unspecified atom stereocenters. The number of hydrogen-bond acceptors (Lipinski definition) is 2. The second kappa shape index (κ2) is 7.32. The maximum absolute atomic E-state index is 12.2. The minimum absolute atomic E-state index is 0.0544. The van der Waals surface area contributed by atoms with Gasteiger partial charge in [-0.2, -0.15) is 0 Å². The third-order valence-electron chi connectivity index (χ3n) is 4.65. The first kappa shape index (κ1) is 15.6. The molecule has 0 radical (unpaired) electrons. The lowest BCUT2D eigenvalue weighted by Crippen LogP contribution is -2.37. The molecule has 0 bridgehead atoms. The molecule has 2 aliphatic rings. The van der Waals surface area contributed by atoms with Crippen molar-refractivity contribution in [1.29, 1.82) is 0 Å².